The molecule has 0 aliphatic rings. The minimum absolute atomic E-state index is 0.114. The molecule has 0 bridgehead atoms. The van der Waals surface area contributed by atoms with Crippen LogP contribution in [-0.4, -0.2) is 35.1 Å². The van der Waals surface area contributed by atoms with E-state index in [9.17, 15) is 9.59 Å². The van der Waals surface area contributed by atoms with Crippen molar-refractivity contribution in [2.24, 2.45) is 0 Å². The molecule has 0 unspecified atom stereocenters. The predicted molar refractivity (Wildman–Crippen MR) is 113 cm³/mol. The molecule has 3 aromatic heterocycles. The fraction of sp³-hybridized carbons (Fsp3) is 0.333. The summed E-state index contributed by atoms with van der Waals surface area (Å²) in [6.45, 7) is 5.11. The predicted octanol–water partition coefficient (Wildman–Crippen LogP) is 2.07. The summed E-state index contributed by atoms with van der Waals surface area (Å²) < 4.78 is 8.54. The Kier molecular flexibility index (Phi) is 5.87. The highest BCUT2D eigenvalue weighted by atomic mass is 16.5. The monoisotopic (exact) mass is 421 g/mol. The number of nitrogens with zero attached hydrogens (tertiary/aromatic N) is 6. The molecule has 0 aliphatic carbocycles. The summed E-state index contributed by atoms with van der Waals surface area (Å²) in [5, 5.41) is 6.59. The second-order valence-electron chi connectivity index (χ2n) is 7.15. The van der Waals surface area contributed by atoms with Crippen LogP contribution >= 0.6 is 0 Å². The van der Waals surface area contributed by atoms with Crippen molar-refractivity contribution in [2.75, 3.05) is 0 Å². The lowest BCUT2D eigenvalue weighted by atomic mass is 10.3. The van der Waals surface area contributed by atoms with Gasteiger partial charge >= 0.3 is 0 Å². The largest absolute Gasteiger partial charge is 0.349 e. The van der Waals surface area contributed by atoms with E-state index in [4.69, 9.17) is 4.52 Å². The molecule has 1 amide bonds. The Balaban J connectivity index is 1.41. The van der Waals surface area contributed by atoms with E-state index in [1.165, 1.54) is 17.1 Å². The van der Waals surface area contributed by atoms with Gasteiger partial charge in [0, 0.05) is 25.7 Å². The van der Waals surface area contributed by atoms with E-state index in [1.807, 2.05) is 24.3 Å². The molecule has 4 aromatic rings. The maximum atomic E-state index is 12.6. The first-order valence-electron chi connectivity index (χ1n) is 10.1. The van der Waals surface area contributed by atoms with Gasteiger partial charge in [0.2, 0.25) is 5.91 Å². The molecule has 4 rings (SSSR count). The number of aryl methyl sites for hydroxylation is 3. The zero-order valence-electron chi connectivity index (χ0n) is 17.4. The van der Waals surface area contributed by atoms with Crippen molar-refractivity contribution in [3.05, 3.63) is 58.8 Å². The summed E-state index contributed by atoms with van der Waals surface area (Å²) in [6.07, 6.45) is 3.86. The molecular weight excluding hydrogens is 398 g/mol. The van der Waals surface area contributed by atoms with Gasteiger partial charge in [-0.3, -0.25) is 14.2 Å². The highest BCUT2D eigenvalue weighted by molar-refractivity contribution is 5.77. The molecular formula is C21H23N7O3. The van der Waals surface area contributed by atoms with E-state index in [-0.39, 0.29) is 35.9 Å². The van der Waals surface area contributed by atoms with E-state index in [1.54, 1.807) is 6.92 Å². The SMILES string of the molecule is CCCn1c(CNC(=O)CCn2cncc(-c3nc(C)no3)c2=O)nc2ccccc21. The van der Waals surface area contributed by atoms with E-state index in [0.29, 0.717) is 12.4 Å². The molecule has 3 heterocycles. The van der Waals surface area contributed by atoms with Crippen molar-refractivity contribution in [3.63, 3.8) is 0 Å². The quantitative estimate of drug-likeness (QED) is 0.462. The second-order valence-corrected chi connectivity index (χ2v) is 7.15. The molecule has 10 heteroatoms. The lowest BCUT2D eigenvalue weighted by molar-refractivity contribution is -0.121. The fourth-order valence-corrected chi connectivity index (χ4v) is 3.38. The van der Waals surface area contributed by atoms with E-state index >= 15 is 0 Å². The number of nitrogens with one attached hydrogen (secondary N) is 1. The second kappa shape index (κ2) is 8.90. The number of hydrogen-bond donors (Lipinski definition) is 1. The van der Waals surface area contributed by atoms with Crippen molar-refractivity contribution in [2.45, 2.75) is 46.3 Å². The van der Waals surface area contributed by atoms with Crippen LogP contribution in [0.15, 0.2) is 46.1 Å². The van der Waals surface area contributed by atoms with Crippen molar-refractivity contribution in [1.82, 2.24) is 34.6 Å². The molecule has 0 spiro atoms. The fourth-order valence-electron chi connectivity index (χ4n) is 3.38. The molecule has 0 saturated heterocycles. The van der Waals surface area contributed by atoms with Gasteiger partial charge in [0.05, 0.1) is 23.9 Å². The highest BCUT2D eigenvalue weighted by Crippen LogP contribution is 2.16. The molecule has 10 nitrogen and oxygen atoms in total. The number of carbonyl (C=O) groups excluding carboxylic acids is 1. The number of imidazole rings is 1. The van der Waals surface area contributed by atoms with Crippen LogP contribution in [0.2, 0.25) is 0 Å². The van der Waals surface area contributed by atoms with Crippen LogP contribution in [0.5, 0.6) is 0 Å². The van der Waals surface area contributed by atoms with Gasteiger partial charge in [-0.2, -0.15) is 4.98 Å². The van der Waals surface area contributed by atoms with Gasteiger partial charge in [0.25, 0.3) is 11.4 Å². The first-order chi connectivity index (χ1) is 15.1. The van der Waals surface area contributed by atoms with E-state index in [2.05, 4.69) is 36.9 Å². The summed E-state index contributed by atoms with van der Waals surface area (Å²) in [5.74, 6) is 1.17. The minimum Gasteiger partial charge on any atom is -0.349 e. The van der Waals surface area contributed by atoms with Crippen LogP contribution in [0.1, 0.15) is 31.4 Å². The molecule has 1 N–H and O–H groups in total. The van der Waals surface area contributed by atoms with Gasteiger partial charge < -0.3 is 14.4 Å². The first kappa shape index (κ1) is 20.5. The zero-order chi connectivity index (χ0) is 21.8. The number of rotatable bonds is 8. The number of benzene rings is 1. The van der Waals surface area contributed by atoms with Gasteiger partial charge in [-0.1, -0.05) is 24.2 Å². The summed E-state index contributed by atoms with van der Waals surface area (Å²) >= 11 is 0. The van der Waals surface area contributed by atoms with Crippen molar-refractivity contribution in [1.29, 1.82) is 0 Å². The smallest absolute Gasteiger partial charge is 0.266 e. The third kappa shape index (κ3) is 4.37. The first-order valence-corrected chi connectivity index (χ1v) is 10.1. The summed E-state index contributed by atoms with van der Waals surface area (Å²) in [6, 6.07) is 7.92. The average Bonchev–Trinajstić information content (AvgIpc) is 3.35. The maximum Gasteiger partial charge on any atom is 0.266 e. The molecule has 0 atom stereocenters. The van der Waals surface area contributed by atoms with Crippen molar-refractivity contribution < 1.29 is 9.32 Å². The van der Waals surface area contributed by atoms with E-state index in [0.717, 1.165) is 29.8 Å². The highest BCUT2D eigenvalue weighted by Gasteiger charge is 2.14. The van der Waals surface area contributed by atoms with Crippen LogP contribution in [0.3, 0.4) is 0 Å². The normalized spacial score (nSPS) is 11.2. The Morgan fingerprint density at radius 2 is 2.03 bits per heavy atom. The molecule has 160 valence electrons. The molecule has 0 aliphatic heterocycles. The van der Waals surface area contributed by atoms with Crippen molar-refractivity contribution in [3.8, 4) is 11.5 Å². The standard InChI is InChI=1S/C21H23N7O3/c1-3-9-28-17-7-5-4-6-16(17)25-18(28)12-23-19(29)8-10-27-13-22-11-15(21(27)30)20-24-14(2)26-31-20/h4-7,11,13H,3,8-10,12H2,1-2H3,(H,23,29). The third-order valence-electron chi connectivity index (χ3n) is 4.86. The number of para-hydroxylation sites is 2. The minimum atomic E-state index is -0.337. The molecule has 31 heavy (non-hydrogen) atoms. The van der Waals surface area contributed by atoms with Crippen LogP contribution in [-0.2, 0) is 24.4 Å². The summed E-state index contributed by atoms with van der Waals surface area (Å²) in [5.41, 5.74) is 1.83. The number of fused-ring (bicyclic) bond motifs is 1. The van der Waals surface area contributed by atoms with Gasteiger partial charge in [-0.15, -0.1) is 0 Å². The number of hydrogen-bond acceptors (Lipinski definition) is 7. The topological polar surface area (TPSA) is 121 Å². The molecule has 0 fully saturated rings. The number of carbonyl (C=O) groups is 1. The van der Waals surface area contributed by atoms with Crippen molar-refractivity contribution >= 4 is 16.9 Å². The Morgan fingerprint density at radius 3 is 2.81 bits per heavy atom. The van der Waals surface area contributed by atoms with Gasteiger partial charge in [-0.05, 0) is 25.5 Å². The zero-order valence-corrected chi connectivity index (χ0v) is 17.4. The summed E-state index contributed by atoms with van der Waals surface area (Å²) in [7, 11) is 0. The molecule has 0 radical (unpaired) electrons. The Morgan fingerprint density at radius 1 is 1.19 bits per heavy atom. The van der Waals surface area contributed by atoms with Crippen LogP contribution < -0.4 is 10.9 Å². The van der Waals surface area contributed by atoms with Gasteiger partial charge in [0.15, 0.2) is 5.82 Å². The third-order valence-corrected chi connectivity index (χ3v) is 4.86. The number of amides is 1. The summed E-state index contributed by atoms with van der Waals surface area (Å²) in [4.78, 5) is 37.8. The lowest BCUT2D eigenvalue weighted by Gasteiger charge is -2.10. The Bertz CT molecular complexity index is 1270. The lowest BCUT2D eigenvalue weighted by Crippen LogP contribution is -2.28. The van der Waals surface area contributed by atoms with E-state index < -0.39 is 0 Å². The molecule has 0 saturated carbocycles. The van der Waals surface area contributed by atoms with Crippen LogP contribution in [0.4, 0.5) is 0 Å². The van der Waals surface area contributed by atoms with Gasteiger partial charge in [-0.25, -0.2) is 9.97 Å². The Hall–Kier alpha value is -3.82. The maximum absolute atomic E-state index is 12.6. The van der Waals surface area contributed by atoms with Gasteiger partial charge in [0.1, 0.15) is 11.4 Å². The molecule has 1 aromatic carbocycles. The number of aromatic nitrogens is 6. The van der Waals surface area contributed by atoms with Crippen LogP contribution in [0, 0.1) is 6.92 Å². The van der Waals surface area contributed by atoms with Crippen LogP contribution in [0.25, 0.3) is 22.5 Å². The average molecular weight is 421 g/mol. The Labute approximate surface area is 177 Å².